The summed E-state index contributed by atoms with van der Waals surface area (Å²) in [4.78, 5) is 97.5. The monoisotopic (exact) mass is 771 g/mol. The van der Waals surface area contributed by atoms with Crippen LogP contribution in [-0.4, -0.2) is 102 Å². The second-order valence-electron chi connectivity index (χ2n) is 17.3. The second-order valence-corrected chi connectivity index (χ2v) is 17.3. The number of likely N-dealkylation sites (tertiary alicyclic amines) is 2. The molecule has 6 atom stereocenters. The van der Waals surface area contributed by atoms with E-state index in [1.807, 2.05) is 58.9 Å². The second kappa shape index (κ2) is 17.3. The molecule has 5 rings (SSSR count). The van der Waals surface area contributed by atoms with Gasteiger partial charge in [-0.3, -0.25) is 29.3 Å². The Morgan fingerprint density at radius 1 is 1.02 bits per heavy atom. The highest BCUT2D eigenvalue weighted by molar-refractivity contribution is 6.38. The Hall–Kier alpha value is -5.19. The standard InChI is InChI=1S/C42H57N7O7/c1-8-10-17-29(35(51)37(53)43-19-9-2)44-36(52)34-32-28(42(32,6)7)23-49(34)38(54)33(27-21-25-15-11-12-16-26(25)22-27)46-40(56)47-39(55)45-30(41(3,4)5)24-48-20-14-13-18-31(48)50/h1,9,11-12,15-16,27-30,32-34H,2,10,13-14,17-24H2,3-7H3,(H,43,53)(H,44,52)(H3,45,46,47,55,56)/t28-,29?,30+,32-,33-,34-/m0/s1. The third kappa shape index (κ3) is 9.42. The van der Waals surface area contributed by atoms with Gasteiger partial charge in [-0.05, 0) is 71.8 Å². The smallest absolute Gasteiger partial charge is 0.323 e. The molecule has 1 aromatic rings. The van der Waals surface area contributed by atoms with Gasteiger partial charge in [-0.15, -0.1) is 18.9 Å². The van der Waals surface area contributed by atoms with Gasteiger partial charge in [0.05, 0.1) is 12.1 Å². The zero-order valence-electron chi connectivity index (χ0n) is 33.2. The number of urea groups is 2. The number of benzene rings is 1. The van der Waals surface area contributed by atoms with E-state index in [1.165, 1.54) is 11.0 Å². The number of imide groups is 1. The molecule has 1 aromatic carbocycles. The molecule has 14 nitrogen and oxygen atoms in total. The lowest BCUT2D eigenvalue weighted by Crippen LogP contribution is -2.61. The van der Waals surface area contributed by atoms with E-state index in [1.54, 1.807) is 4.90 Å². The fraction of sp³-hybridized carbons (Fsp3) is 0.595. The summed E-state index contributed by atoms with van der Waals surface area (Å²) in [6, 6.07) is 2.36. The summed E-state index contributed by atoms with van der Waals surface area (Å²) < 4.78 is 0. The Kier molecular flexibility index (Phi) is 13.0. The molecule has 0 spiro atoms. The zero-order chi connectivity index (χ0) is 40.9. The van der Waals surface area contributed by atoms with Gasteiger partial charge in [-0.2, -0.15) is 0 Å². The number of carbonyl (C=O) groups excluding carboxylic acids is 7. The van der Waals surface area contributed by atoms with Crippen LogP contribution in [0, 0.1) is 40.9 Å². The molecule has 3 fully saturated rings. The first kappa shape index (κ1) is 42.0. The van der Waals surface area contributed by atoms with Gasteiger partial charge in [-0.25, -0.2) is 9.59 Å². The number of hydrogen-bond donors (Lipinski definition) is 5. The van der Waals surface area contributed by atoms with Crippen molar-refractivity contribution in [3.8, 4) is 12.3 Å². The highest BCUT2D eigenvalue weighted by Crippen LogP contribution is 2.65. The third-order valence-corrected chi connectivity index (χ3v) is 12.1. The van der Waals surface area contributed by atoms with Gasteiger partial charge in [0.25, 0.3) is 5.91 Å². The van der Waals surface area contributed by atoms with Crippen LogP contribution >= 0.6 is 0 Å². The molecule has 302 valence electrons. The van der Waals surface area contributed by atoms with Crippen molar-refractivity contribution in [3.05, 3.63) is 48.0 Å². The molecule has 0 aromatic heterocycles. The minimum atomic E-state index is -1.21. The van der Waals surface area contributed by atoms with Gasteiger partial charge in [0.2, 0.25) is 23.5 Å². The number of Topliss-reactive ketones (excluding diaryl/α,β-unsaturated/α-hetero) is 1. The van der Waals surface area contributed by atoms with Crippen molar-refractivity contribution < 1.29 is 33.6 Å². The van der Waals surface area contributed by atoms with Crippen molar-refractivity contribution in [2.24, 2.45) is 28.6 Å². The first-order valence-corrected chi connectivity index (χ1v) is 19.7. The van der Waals surface area contributed by atoms with E-state index in [0.717, 1.165) is 24.0 Å². The lowest BCUT2D eigenvalue weighted by Gasteiger charge is -2.37. The van der Waals surface area contributed by atoms with Gasteiger partial charge in [-0.1, -0.05) is 65.0 Å². The van der Waals surface area contributed by atoms with Crippen molar-refractivity contribution >= 4 is 41.5 Å². The van der Waals surface area contributed by atoms with Crippen LogP contribution in [0.25, 0.3) is 0 Å². The Bertz CT molecular complexity index is 1750. The molecule has 5 N–H and O–H groups in total. The van der Waals surface area contributed by atoms with Crippen LogP contribution in [0.4, 0.5) is 9.59 Å². The average Bonchev–Trinajstić information content (AvgIpc) is 3.49. The van der Waals surface area contributed by atoms with E-state index in [0.29, 0.717) is 32.4 Å². The van der Waals surface area contributed by atoms with Gasteiger partial charge < -0.3 is 31.1 Å². The molecule has 2 aliphatic heterocycles. The van der Waals surface area contributed by atoms with E-state index in [4.69, 9.17) is 6.42 Å². The molecular formula is C42H57N7O7. The summed E-state index contributed by atoms with van der Waals surface area (Å²) in [7, 11) is 0. The van der Waals surface area contributed by atoms with Crippen LogP contribution in [0.15, 0.2) is 36.9 Å². The van der Waals surface area contributed by atoms with Crippen LogP contribution in [0.3, 0.4) is 0 Å². The summed E-state index contributed by atoms with van der Waals surface area (Å²) in [5.41, 5.74) is 1.36. The number of terminal acetylenes is 1. The Labute approximate surface area is 329 Å². The molecule has 2 saturated heterocycles. The highest BCUT2D eigenvalue weighted by Gasteiger charge is 2.70. The molecule has 56 heavy (non-hydrogen) atoms. The largest absolute Gasteiger partial charge is 0.346 e. The maximum absolute atomic E-state index is 14.8. The normalized spacial score (nSPS) is 22.6. The summed E-state index contributed by atoms with van der Waals surface area (Å²) in [5, 5.41) is 13.2. The fourth-order valence-electron chi connectivity index (χ4n) is 8.65. The van der Waals surface area contributed by atoms with E-state index in [-0.39, 0.29) is 55.0 Å². The number of nitrogens with zero attached hydrogens (tertiary/aromatic N) is 2. The number of fused-ring (bicyclic) bond motifs is 2. The van der Waals surface area contributed by atoms with Gasteiger partial charge in [0, 0.05) is 39.0 Å². The van der Waals surface area contributed by atoms with E-state index in [2.05, 4.69) is 39.1 Å². The van der Waals surface area contributed by atoms with Gasteiger partial charge in [0.15, 0.2) is 0 Å². The summed E-state index contributed by atoms with van der Waals surface area (Å²) >= 11 is 0. The predicted molar refractivity (Wildman–Crippen MR) is 209 cm³/mol. The van der Waals surface area contributed by atoms with E-state index < -0.39 is 65.1 Å². The Balaban J connectivity index is 1.35. The molecule has 2 aliphatic carbocycles. The Morgan fingerprint density at radius 3 is 2.29 bits per heavy atom. The maximum Gasteiger partial charge on any atom is 0.323 e. The minimum absolute atomic E-state index is 0.0138. The van der Waals surface area contributed by atoms with Crippen LogP contribution in [0.2, 0.25) is 0 Å². The molecule has 4 aliphatic rings. The van der Waals surface area contributed by atoms with Crippen molar-refractivity contribution in [2.75, 3.05) is 26.2 Å². The molecule has 0 bridgehead atoms. The van der Waals surface area contributed by atoms with Crippen LogP contribution in [0.5, 0.6) is 0 Å². The molecule has 0 radical (unpaired) electrons. The molecule has 1 saturated carbocycles. The number of nitrogens with one attached hydrogen (secondary N) is 5. The predicted octanol–water partition coefficient (Wildman–Crippen LogP) is 2.46. The van der Waals surface area contributed by atoms with E-state index >= 15 is 0 Å². The SMILES string of the molecule is C#CCCC(NC(=O)[C@@H]1[C@@H]2[C@H](CN1C(=O)[C@@H](NC(=O)NC(=O)N[C@H](CN1CCCCC1=O)C(C)(C)C)C1Cc3ccccc3C1)C2(C)C)C(=O)C(=O)NCC=C. The molecular weight excluding hydrogens is 715 g/mol. The third-order valence-electron chi connectivity index (χ3n) is 12.1. The number of rotatable bonds is 14. The number of carbonyl (C=O) groups is 7. The number of hydrogen-bond acceptors (Lipinski definition) is 7. The minimum Gasteiger partial charge on any atom is -0.346 e. The van der Waals surface area contributed by atoms with Crippen LogP contribution < -0.4 is 26.6 Å². The Morgan fingerprint density at radius 2 is 1.68 bits per heavy atom. The molecule has 14 heteroatoms. The highest BCUT2D eigenvalue weighted by atomic mass is 16.2. The summed E-state index contributed by atoms with van der Waals surface area (Å²) in [6.07, 6.45) is 10.2. The van der Waals surface area contributed by atoms with Crippen molar-refractivity contribution in [2.45, 2.75) is 104 Å². The zero-order valence-corrected chi connectivity index (χ0v) is 33.2. The topological polar surface area (TPSA) is 186 Å². The fourth-order valence-corrected chi connectivity index (χ4v) is 8.65. The lowest BCUT2D eigenvalue weighted by molar-refractivity contribution is -0.144. The van der Waals surface area contributed by atoms with Crippen LogP contribution in [0.1, 0.15) is 77.8 Å². The maximum atomic E-state index is 14.8. The van der Waals surface area contributed by atoms with Crippen molar-refractivity contribution in [3.63, 3.8) is 0 Å². The van der Waals surface area contributed by atoms with E-state index in [9.17, 15) is 33.6 Å². The first-order chi connectivity index (χ1) is 26.5. The number of piperidine rings is 2. The van der Waals surface area contributed by atoms with Crippen molar-refractivity contribution in [1.82, 2.24) is 36.4 Å². The summed E-state index contributed by atoms with van der Waals surface area (Å²) in [5.74, 6) is -0.942. The number of ketones is 1. The molecule has 2 heterocycles. The van der Waals surface area contributed by atoms with Crippen LogP contribution in [-0.2, 0) is 36.8 Å². The van der Waals surface area contributed by atoms with Gasteiger partial charge >= 0.3 is 12.1 Å². The lowest BCUT2D eigenvalue weighted by atomic mass is 9.86. The van der Waals surface area contributed by atoms with Crippen molar-refractivity contribution in [1.29, 1.82) is 0 Å². The number of amides is 8. The average molecular weight is 772 g/mol. The molecule has 8 amide bonds. The van der Waals surface area contributed by atoms with Gasteiger partial charge in [0.1, 0.15) is 12.1 Å². The molecule has 1 unspecified atom stereocenters. The quantitative estimate of drug-likeness (QED) is 0.109. The first-order valence-electron chi connectivity index (χ1n) is 19.7. The summed E-state index contributed by atoms with van der Waals surface area (Å²) in [6.45, 7) is 14.6.